The predicted molar refractivity (Wildman–Crippen MR) is 69.3 cm³/mol. The minimum absolute atomic E-state index is 0.0127. The fraction of sp³-hybridized carbons (Fsp3) is 0.182. The maximum atomic E-state index is 10.9. The number of carboxylic acid groups (broad SMARTS) is 1. The van der Waals surface area contributed by atoms with E-state index in [2.05, 4.69) is 27.2 Å². The van der Waals surface area contributed by atoms with Gasteiger partial charge < -0.3 is 10.4 Å². The Hall–Kier alpha value is -2.07. The Labute approximate surface area is 111 Å². The Kier molecular flexibility index (Phi) is 4.68. The number of terminal acetylenes is 1. The molecule has 0 amide bonds. The summed E-state index contributed by atoms with van der Waals surface area (Å²) in [6.07, 6.45) is 5.08. The van der Waals surface area contributed by atoms with Gasteiger partial charge in [0.05, 0.1) is 4.92 Å². The zero-order chi connectivity index (χ0) is 13.7. The van der Waals surface area contributed by atoms with Crippen molar-refractivity contribution in [3.8, 4) is 12.3 Å². The average molecular weight is 313 g/mol. The minimum Gasteiger partial charge on any atom is -0.480 e. The van der Waals surface area contributed by atoms with E-state index in [1.54, 1.807) is 0 Å². The highest BCUT2D eigenvalue weighted by molar-refractivity contribution is 9.10. The molecule has 0 bridgehead atoms. The summed E-state index contributed by atoms with van der Waals surface area (Å²) in [5.41, 5.74) is 0.347. The Morgan fingerprint density at radius 3 is 2.78 bits per heavy atom. The van der Waals surface area contributed by atoms with E-state index >= 15 is 0 Å². The molecule has 1 atom stereocenters. The van der Waals surface area contributed by atoms with Crippen LogP contribution in [-0.2, 0) is 4.79 Å². The maximum absolute atomic E-state index is 10.9. The number of halogens is 1. The van der Waals surface area contributed by atoms with E-state index in [1.807, 2.05) is 0 Å². The van der Waals surface area contributed by atoms with Crippen LogP contribution in [0.3, 0.4) is 0 Å². The molecule has 0 aliphatic carbocycles. The number of rotatable bonds is 5. The van der Waals surface area contributed by atoms with Crippen LogP contribution in [0.2, 0.25) is 0 Å². The molecule has 0 heterocycles. The minimum atomic E-state index is -1.08. The van der Waals surface area contributed by atoms with E-state index in [0.717, 1.165) is 0 Å². The first-order chi connectivity index (χ1) is 8.45. The van der Waals surface area contributed by atoms with Crippen LogP contribution < -0.4 is 5.32 Å². The number of nitrogens with one attached hydrogen (secondary N) is 1. The van der Waals surface area contributed by atoms with Crippen LogP contribution in [0.15, 0.2) is 22.7 Å². The van der Waals surface area contributed by atoms with Gasteiger partial charge in [-0.05, 0) is 22.0 Å². The molecule has 0 aliphatic rings. The van der Waals surface area contributed by atoms with Crippen molar-refractivity contribution >= 4 is 33.3 Å². The third-order valence-electron chi connectivity index (χ3n) is 2.11. The van der Waals surface area contributed by atoms with Gasteiger partial charge in [-0.1, -0.05) is 0 Å². The van der Waals surface area contributed by atoms with Crippen molar-refractivity contribution in [2.75, 3.05) is 5.32 Å². The van der Waals surface area contributed by atoms with Crippen molar-refractivity contribution in [1.82, 2.24) is 0 Å². The van der Waals surface area contributed by atoms with Gasteiger partial charge in [0, 0.05) is 28.7 Å². The van der Waals surface area contributed by atoms with Crippen molar-refractivity contribution in [3.63, 3.8) is 0 Å². The van der Waals surface area contributed by atoms with E-state index in [9.17, 15) is 14.9 Å². The molecule has 1 aromatic carbocycles. The highest BCUT2D eigenvalue weighted by Gasteiger charge is 2.18. The normalized spacial score (nSPS) is 11.3. The quantitative estimate of drug-likeness (QED) is 0.494. The molecular weight excluding hydrogens is 304 g/mol. The van der Waals surface area contributed by atoms with Crippen molar-refractivity contribution in [1.29, 1.82) is 0 Å². The van der Waals surface area contributed by atoms with Crippen molar-refractivity contribution in [2.45, 2.75) is 12.5 Å². The molecule has 0 saturated heterocycles. The van der Waals surface area contributed by atoms with Crippen LogP contribution >= 0.6 is 15.9 Å². The summed E-state index contributed by atoms with van der Waals surface area (Å²) in [6.45, 7) is 0. The summed E-state index contributed by atoms with van der Waals surface area (Å²) in [5.74, 6) is 1.17. The molecule has 7 heteroatoms. The lowest BCUT2D eigenvalue weighted by atomic mass is 10.2. The van der Waals surface area contributed by atoms with E-state index in [-0.39, 0.29) is 12.1 Å². The van der Waals surface area contributed by atoms with Gasteiger partial charge >= 0.3 is 5.97 Å². The molecule has 0 aromatic heterocycles. The summed E-state index contributed by atoms with van der Waals surface area (Å²) in [7, 11) is 0. The predicted octanol–water partition coefficient (Wildman–Crippen LogP) is 2.25. The molecule has 0 fully saturated rings. The first kappa shape index (κ1) is 14.0. The molecule has 0 aliphatic heterocycles. The zero-order valence-corrected chi connectivity index (χ0v) is 10.7. The van der Waals surface area contributed by atoms with Gasteiger partial charge in [0.2, 0.25) is 0 Å². The number of benzene rings is 1. The van der Waals surface area contributed by atoms with Crippen LogP contribution in [0.1, 0.15) is 6.42 Å². The van der Waals surface area contributed by atoms with Crippen molar-refractivity contribution in [3.05, 3.63) is 32.8 Å². The van der Waals surface area contributed by atoms with Gasteiger partial charge in [0.1, 0.15) is 6.04 Å². The third-order valence-corrected chi connectivity index (χ3v) is 2.77. The Balaban J connectivity index is 2.94. The second kappa shape index (κ2) is 6.02. The summed E-state index contributed by atoms with van der Waals surface area (Å²) in [4.78, 5) is 20.9. The summed E-state index contributed by atoms with van der Waals surface area (Å²) in [6, 6.07) is 3.06. The van der Waals surface area contributed by atoms with Crippen LogP contribution in [0.4, 0.5) is 11.4 Å². The van der Waals surface area contributed by atoms with Gasteiger partial charge in [0.25, 0.3) is 5.69 Å². The molecule has 0 radical (unpaired) electrons. The van der Waals surface area contributed by atoms with Crippen molar-refractivity contribution < 1.29 is 14.8 Å². The molecule has 1 unspecified atom stereocenters. The standard InChI is InChI=1S/C11H9BrN2O4/c1-2-3-10(11(15)16)13-9-5-4-7(14(17)18)6-8(9)12/h1,4-6,10,13H,3H2,(H,15,16). The second-order valence-corrected chi connectivity index (χ2v) is 4.22. The van der Waals surface area contributed by atoms with Gasteiger partial charge in [-0.15, -0.1) is 12.3 Å². The summed E-state index contributed by atoms with van der Waals surface area (Å²) < 4.78 is 0.403. The summed E-state index contributed by atoms with van der Waals surface area (Å²) >= 11 is 3.13. The molecular formula is C11H9BrN2O4. The Morgan fingerprint density at radius 2 is 2.33 bits per heavy atom. The average Bonchev–Trinajstić information content (AvgIpc) is 2.30. The fourth-order valence-electron chi connectivity index (χ4n) is 1.24. The topological polar surface area (TPSA) is 92.5 Å². The number of anilines is 1. The number of nitro groups is 1. The van der Waals surface area contributed by atoms with E-state index in [4.69, 9.17) is 11.5 Å². The molecule has 0 saturated carbocycles. The van der Waals surface area contributed by atoms with Gasteiger partial charge in [0.15, 0.2) is 0 Å². The molecule has 2 N–H and O–H groups in total. The molecule has 1 rings (SSSR count). The van der Waals surface area contributed by atoms with E-state index in [1.165, 1.54) is 18.2 Å². The Bertz CT molecular complexity index is 524. The first-order valence-electron chi connectivity index (χ1n) is 4.82. The molecule has 1 aromatic rings. The lowest BCUT2D eigenvalue weighted by molar-refractivity contribution is -0.384. The number of hydrogen-bond acceptors (Lipinski definition) is 4. The Morgan fingerprint density at radius 1 is 1.67 bits per heavy atom. The van der Waals surface area contributed by atoms with Gasteiger partial charge in [-0.25, -0.2) is 4.79 Å². The number of non-ortho nitro benzene ring substituents is 1. The van der Waals surface area contributed by atoms with Gasteiger partial charge in [-0.3, -0.25) is 10.1 Å². The lowest BCUT2D eigenvalue weighted by Gasteiger charge is -2.14. The molecule has 94 valence electrons. The number of nitro benzene ring substituents is 1. The number of aliphatic carboxylic acids is 1. The highest BCUT2D eigenvalue weighted by Crippen LogP contribution is 2.27. The van der Waals surface area contributed by atoms with Crippen LogP contribution in [0, 0.1) is 22.5 Å². The van der Waals surface area contributed by atoms with Crippen LogP contribution in [0.5, 0.6) is 0 Å². The molecule has 18 heavy (non-hydrogen) atoms. The largest absolute Gasteiger partial charge is 0.480 e. The SMILES string of the molecule is C#CCC(Nc1ccc([N+](=O)[O-])cc1Br)C(=O)O. The molecule has 0 spiro atoms. The number of hydrogen-bond donors (Lipinski definition) is 2. The smallest absolute Gasteiger partial charge is 0.327 e. The fourth-order valence-corrected chi connectivity index (χ4v) is 1.72. The van der Waals surface area contributed by atoms with Crippen molar-refractivity contribution in [2.24, 2.45) is 0 Å². The third kappa shape index (κ3) is 3.46. The van der Waals surface area contributed by atoms with Gasteiger partial charge in [-0.2, -0.15) is 0 Å². The molecule has 6 nitrogen and oxygen atoms in total. The zero-order valence-electron chi connectivity index (χ0n) is 9.09. The number of carboxylic acids is 1. The summed E-state index contributed by atoms with van der Waals surface area (Å²) in [5, 5.41) is 22.2. The van der Waals surface area contributed by atoms with Crippen LogP contribution in [-0.4, -0.2) is 22.0 Å². The van der Waals surface area contributed by atoms with E-state index < -0.39 is 16.9 Å². The first-order valence-corrected chi connectivity index (χ1v) is 5.61. The monoisotopic (exact) mass is 312 g/mol. The van der Waals surface area contributed by atoms with E-state index in [0.29, 0.717) is 10.2 Å². The number of nitrogens with zero attached hydrogens (tertiary/aromatic N) is 1. The second-order valence-electron chi connectivity index (χ2n) is 3.36. The lowest BCUT2D eigenvalue weighted by Crippen LogP contribution is -2.28. The number of carbonyl (C=O) groups is 1. The maximum Gasteiger partial charge on any atom is 0.327 e. The highest BCUT2D eigenvalue weighted by atomic mass is 79.9. The van der Waals surface area contributed by atoms with Crippen LogP contribution in [0.25, 0.3) is 0 Å².